The molecule has 2 aliphatic rings. The van der Waals surface area contributed by atoms with Crippen molar-refractivity contribution in [3.63, 3.8) is 0 Å². The first-order chi connectivity index (χ1) is 14.4. The van der Waals surface area contributed by atoms with Crippen molar-refractivity contribution in [2.45, 2.75) is 63.5 Å². The van der Waals surface area contributed by atoms with Crippen LogP contribution in [0.4, 0.5) is 0 Å². The Kier molecular flexibility index (Phi) is 7.33. The molecule has 1 saturated carbocycles. The fourth-order valence-corrected chi connectivity index (χ4v) is 4.40. The molecule has 1 aromatic carbocycles. The number of nitrogens with zero attached hydrogens (tertiary/aromatic N) is 2. The van der Waals surface area contributed by atoms with Gasteiger partial charge in [-0.3, -0.25) is 24.6 Å². The first-order valence-corrected chi connectivity index (χ1v) is 10.8. The van der Waals surface area contributed by atoms with E-state index >= 15 is 0 Å². The fraction of sp³-hybridized carbons (Fsp3) is 0.571. The van der Waals surface area contributed by atoms with Crippen LogP contribution in [-0.2, 0) is 14.4 Å². The third-order valence-corrected chi connectivity index (χ3v) is 6.19. The minimum atomic E-state index is -0.948. The van der Waals surface area contributed by atoms with Crippen molar-refractivity contribution < 1.29 is 24.7 Å². The molecule has 9 heteroatoms. The Morgan fingerprint density at radius 1 is 1.20 bits per heavy atom. The highest BCUT2D eigenvalue weighted by atomic mass is 35.5. The highest BCUT2D eigenvalue weighted by Gasteiger charge is 2.46. The molecule has 1 aliphatic carbocycles. The molecule has 1 aliphatic heterocycles. The number of halogens is 1. The van der Waals surface area contributed by atoms with Gasteiger partial charge in [0.2, 0.25) is 11.8 Å². The van der Waals surface area contributed by atoms with Gasteiger partial charge in [-0.15, -0.1) is 0 Å². The number of carbonyl (C=O) groups excluding carboxylic acids is 2. The number of carboxylic acids is 1. The molecule has 2 amide bonds. The van der Waals surface area contributed by atoms with Gasteiger partial charge in [0.1, 0.15) is 6.04 Å². The number of hydroxylamine groups is 1. The largest absolute Gasteiger partial charge is 0.480 e. The summed E-state index contributed by atoms with van der Waals surface area (Å²) in [5.41, 5.74) is 2.29. The molecule has 3 rings (SSSR count). The smallest absolute Gasteiger partial charge is 0.322 e. The Morgan fingerprint density at radius 3 is 2.40 bits per heavy atom. The zero-order valence-corrected chi connectivity index (χ0v) is 17.7. The third kappa shape index (κ3) is 4.77. The lowest BCUT2D eigenvalue weighted by Crippen LogP contribution is -2.59. The Morgan fingerprint density at radius 2 is 1.87 bits per heavy atom. The fourth-order valence-electron chi connectivity index (χ4n) is 4.28. The summed E-state index contributed by atoms with van der Waals surface area (Å²) in [4.78, 5) is 38.2. The predicted octanol–water partition coefficient (Wildman–Crippen LogP) is 2.80. The average molecular weight is 438 g/mol. The van der Waals surface area contributed by atoms with Crippen LogP contribution in [0.1, 0.15) is 56.9 Å². The van der Waals surface area contributed by atoms with E-state index in [2.05, 4.69) is 0 Å². The number of amides is 2. The van der Waals surface area contributed by atoms with Crippen LogP contribution in [0.15, 0.2) is 24.3 Å². The molecule has 0 bridgehead atoms. The minimum Gasteiger partial charge on any atom is -0.480 e. The Hall–Kier alpha value is -2.16. The van der Waals surface area contributed by atoms with Gasteiger partial charge in [0.15, 0.2) is 0 Å². The number of rotatable bonds is 8. The third-order valence-electron chi connectivity index (χ3n) is 5.94. The highest BCUT2D eigenvalue weighted by molar-refractivity contribution is 6.30. The van der Waals surface area contributed by atoms with Crippen molar-refractivity contribution in [2.75, 3.05) is 6.54 Å². The quantitative estimate of drug-likeness (QED) is 0.426. The Bertz CT molecular complexity index is 783. The van der Waals surface area contributed by atoms with E-state index in [-0.39, 0.29) is 11.9 Å². The van der Waals surface area contributed by atoms with Crippen molar-refractivity contribution in [2.24, 2.45) is 5.92 Å². The van der Waals surface area contributed by atoms with E-state index in [4.69, 9.17) is 11.6 Å². The van der Waals surface area contributed by atoms with Gasteiger partial charge in [0, 0.05) is 17.6 Å². The van der Waals surface area contributed by atoms with E-state index in [1.54, 1.807) is 46.7 Å². The first kappa shape index (κ1) is 22.5. The molecular weight excluding hydrogens is 410 g/mol. The molecule has 30 heavy (non-hydrogen) atoms. The van der Waals surface area contributed by atoms with Gasteiger partial charge < -0.3 is 5.11 Å². The lowest BCUT2D eigenvalue weighted by molar-refractivity contribution is -0.173. The van der Waals surface area contributed by atoms with Crippen LogP contribution >= 0.6 is 11.6 Å². The lowest BCUT2D eigenvalue weighted by Gasteiger charge is -2.43. The molecule has 1 aromatic rings. The summed E-state index contributed by atoms with van der Waals surface area (Å²) in [5, 5.41) is 22.7. The summed E-state index contributed by atoms with van der Waals surface area (Å²) in [6.07, 6.45) is 4.00. The van der Waals surface area contributed by atoms with E-state index in [1.165, 1.54) is 0 Å². The van der Waals surface area contributed by atoms with Gasteiger partial charge >= 0.3 is 5.97 Å². The lowest BCUT2D eigenvalue weighted by atomic mass is 9.82. The number of hydrazine groups is 1. The van der Waals surface area contributed by atoms with E-state index in [0.29, 0.717) is 30.0 Å². The molecule has 3 N–H and O–H groups in total. The molecule has 1 heterocycles. The average Bonchev–Trinajstić information content (AvgIpc) is 3.57. The Balaban J connectivity index is 2.01. The zero-order chi connectivity index (χ0) is 21.8. The van der Waals surface area contributed by atoms with Gasteiger partial charge in [-0.1, -0.05) is 30.7 Å². The molecule has 8 nitrogen and oxygen atoms in total. The monoisotopic (exact) mass is 437 g/mol. The molecule has 3 atom stereocenters. The molecule has 164 valence electrons. The molecule has 0 aromatic heterocycles. The second-order valence-corrected chi connectivity index (χ2v) is 8.38. The SMILES string of the molecule is CC[C@H](C(=O)NO)[C@H](C(=O)N(C1CC1)N1CCCCC1C(=O)O)c1ccc(Cl)cc1. The topological polar surface area (TPSA) is 110 Å². The summed E-state index contributed by atoms with van der Waals surface area (Å²) >= 11 is 6.01. The van der Waals surface area contributed by atoms with Crippen LogP contribution in [0.25, 0.3) is 0 Å². The van der Waals surface area contributed by atoms with Crippen LogP contribution in [0.5, 0.6) is 0 Å². The maximum Gasteiger partial charge on any atom is 0.322 e. The van der Waals surface area contributed by atoms with Crippen molar-refractivity contribution >= 4 is 29.4 Å². The van der Waals surface area contributed by atoms with E-state index in [9.17, 15) is 24.7 Å². The van der Waals surface area contributed by atoms with Crippen LogP contribution in [0.3, 0.4) is 0 Å². The van der Waals surface area contributed by atoms with E-state index in [1.807, 2.05) is 0 Å². The van der Waals surface area contributed by atoms with Crippen molar-refractivity contribution in [3.8, 4) is 0 Å². The summed E-state index contributed by atoms with van der Waals surface area (Å²) in [7, 11) is 0. The summed E-state index contributed by atoms with van der Waals surface area (Å²) in [6.45, 7) is 2.26. The van der Waals surface area contributed by atoms with Gasteiger partial charge in [0.25, 0.3) is 0 Å². The van der Waals surface area contributed by atoms with Crippen molar-refractivity contribution in [3.05, 3.63) is 34.9 Å². The number of aliphatic carboxylic acids is 1. The molecule has 1 unspecified atom stereocenters. The summed E-state index contributed by atoms with van der Waals surface area (Å²) in [6, 6.07) is 5.89. The van der Waals surface area contributed by atoms with Crippen LogP contribution in [-0.4, -0.2) is 56.7 Å². The number of piperidine rings is 1. The summed E-state index contributed by atoms with van der Waals surface area (Å²) in [5.74, 6) is -3.58. The number of carboxylic acid groups (broad SMARTS) is 1. The van der Waals surface area contributed by atoms with Crippen LogP contribution < -0.4 is 5.48 Å². The molecule has 0 radical (unpaired) electrons. The number of nitrogens with one attached hydrogen (secondary N) is 1. The normalized spacial score (nSPS) is 21.5. The molecule has 2 fully saturated rings. The maximum absolute atomic E-state index is 13.9. The van der Waals surface area contributed by atoms with Crippen molar-refractivity contribution in [1.29, 1.82) is 0 Å². The van der Waals surface area contributed by atoms with Crippen molar-refractivity contribution in [1.82, 2.24) is 15.5 Å². The van der Waals surface area contributed by atoms with Gasteiger partial charge in [0.05, 0.1) is 11.8 Å². The number of hydrogen-bond acceptors (Lipinski definition) is 5. The Labute approximate surface area is 180 Å². The molecule has 0 spiro atoms. The van der Waals surface area contributed by atoms with Crippen LogP contribution in [0, 0.1) is 5.92 Å². The maximum atomic E-state index is 13.9. The minimum absolute atomic E-state index is 0.0676. The predicted molar refractivity (Wildman–Crippen MR) is 110 cm³/mol. The summed E-state index contributed by atoms with van der Waals surface area (Å²) < 4.78 is 0. The van der Waals surface area contributed by atoms with Gasteiger partial charge in [-0.05, 0) is 56.2 Å². The van der Waals surface area contributed by atoms with E-state index < -0.39 is 29.8 Å². The zero-order valence-electron chi connectivity index (χ0n) is 17.0. The molecular formula is C21H28ClN3O5. The number of hydrogen-bond donors (Lipinski definition) is 3. The van der Waals surface area contributed by atoms with E-state index in [0.717, 1.165) is 25.7 Å². The van der Waals surface area contributed by atoms with Gasteiger partial charge in [-0.2, -0.15) is 0 Å². The number of benzene rings is 1. The number of carbonyl (C=O) groups is 3. The second-order valence-electron chi connectivity index (χ2n) is 7.95. The second kappa shape index (κ2) is 9.76. The van der Waals surface area contributed by atoms with Crippen LogP contribution in [0.2, 0.25) is 5.02 Å². The highest BCUT2D eigenvalue weighted by Crippen LogP contribution is 2.38. The van der Waals surface area contributed by atoms with Gasteiger partial charge in [-0.25, -0.2) is 10.5 Å². The standard InChI is InChI=1S/C21H28ClN3O5/c1-2-16(19(26)23-30)18(13-6-8-14(22)9-7-13)20(27)25(15-10-11-15)24-12-4-3-5-17(24)21(28)29/h6-9,15-18,30H,2-5,10-12H2,1H3,(H,23,26)(H,28,29)/t16-,17?,18+/m0/s1. The molecule has 1 saturated heterocycles. The first-order valence-electron chi connectivity index (χ1n) is 10.4.